The highest BCUT2D eigenvalue weighted by Gasteiger charge is 2.28. The lowest BCUT2D eigenvalue weighted by atomic mass is 10.00. The lowest BCUT2D eigenvalue weighted by Crippen LogP contribution is -2.53. The van der Waals surface area contributed by atoms with Crippen LogP contribution in [0.2, 0.25) is 0 Å². The molecule has 438 valence electrons. The van der Waals surface area contributed by atoms with Crippen LogP contribution in [-0.4, -0.2) is 57.3 Å². The summed E-state index contributed by atoms with van der Waals surface area (Å²) in [6.45, 7) is 4.09. The first-order valence-electron chi connectivity index (χ1n) is 33.4. The second-order valence-electron chi connectivity index (χ2n) is 23.2. The van der Waals surface area contributed by atoms with Gasteiger partial charge >= 0.3 is 0 Å². The molecule has 0 aromatic heterocycles. The summed E-state index contributed by atoms with van der Waals surface area (Å²) in [7, 11) is 0. The van der Waals surface area contributed by atoms with Crippen molar-refractivity contribution in [1.82, 2.24) is 5.32 Å². The van der Waals surface area contributed by atoms with Crippen LogP contribution in [0.15, 0.2) is 36.5 Å². The number of hydrogen-bond donors (Lipinski definition) is 5. The van der Waals surface area contributed by atoms with Crippen molar-refractivity contribution in [3.8, 4) is 0 Å². The summed E-state index contributed by atoms with van der Waals surface area (Å²) in [4.78, 5) is 12.6. The molecular weight excluding hydrogens is 911 g/mol. The summed E-state index contributed by atoms with van der Waals surface area (Å²) in [6.07, 6.45) is 79.8. The summed E-state index contributed by atoms with van der Waals surface area (Å²) < 4.78 is 0. The average Bonchev–Trinajstić information content (AvgIpc) is 3.41. The van der Waals surface area contributed by atoms with Gasteiger partial charge in [-0.15, -0.1) is 0 Å². The lowest BCUT2D eigenvalue weighted by molar-refractivity contribution is -0.132. The van der Waals surface area contributed by atoms with Gasteiger partial charge in [0.05, 0.1) is 18.8 Å². The van der Waals surface area contributed by atoms with Crippen LogP contribution in [0.1, 0.15) is 361 Å². The van der Waals surface area contributed by atoms with Crippen molar-refractivity contribution >= 4 is 5.91 Å². The van der Waals surface area contributed by atoms with Crippen LogP contribution in [0, 0.1) is 0 Å². The van der Waals surface area contributed by atoms with E-state index in [9.17, 15) is 25.2 Å². The van der Waals surface area contributed by atoms with Gasteiger partial charge in [-0.05, 0) is 64.2 Å². The third kappa shape index (κ3) is 55.3. The van der Waals surface area contributed by atoms with Crippen molar-refractivity contribution in [2.75, 3.05) is 6.61 Å². The molecule has 0 bridgehead atoms. The second kappa shape index (κ2) is 62.4. The Morgan fingerprint density at radius 3 is 0.851 bits per heavy atom. The van der Waals surface area contributed by atoms with Gasteiger partial charge in [0.15, 0.2) is 0 Å². The molecule has 0 heterocycles. The minimum absolute atomic E-state index is 0.362. The highest BCUT2D eigenvalue weighted by Crippen LogP contribution is 2.19. The molecule has 0 aromatic rings. The summed E-state index contributed by atoms with van der Waals surface area (Å²) >= 11 is 0. The highest BCUT2D eigenvalue weighted by atomic mass is 16.3. The number of allylic oxidation sites excluding steroid dienone is 6. The Labute approximate surface area is 462 Å². The third-order valence-electron chi connectivity index (χ3n) is 15.8. The van der Waals surface area contributed by atoms with E-state index in [-0.39, 0.29) is 0 Å². The maximum Gasteiger partial charge on any atom is 0.249 e. The number of amides is 1. The molecule has 4 atom stereocenters. The monoisotopic (exact) mass is 1040 g/mol. The molecule has 0 fully saturated rings. The van der Waals surface area contributed by atoms with Gasteiger partial charge < -0.3 is 25.7 Å². The van der Waals surface area contributed by atoms with Crippen molar-refractivity contribution < 1.29 is 25.2 Å². The lowest BCUT2D eigenvalue weighted by Gasteiger charge is -2.27. The number of hydrogen-bond acceptors (Lipinski definition) is 5. The quantitative estimate of drug-likeness (QED) is 0.0308. The molecule has 0 aliphatic carbocycles. The van der Waals surface area contributed by atoms with Crippen molar-refractivity contribution in [1.29, 1.82) is 0 Å². The molecule has 0 saturated heterocycles. The Balaban J connectivity index is 3.62. The third-order valence-corrected chi connectivity index (χ3v) is 15.8. The first-order chi connectivity index (χ1) is 36.5. The molecule has 6 heteroatoms. The largest absolute Gasteiger partial charge is 0.394 e. The summed E-state index contributed by atoms with van der Waals surface area (Å²) in [5.74, 6) is -0.593. The Morgan fingerprint density at radius 2 is 0.568 bits per heavy atom. The summed E-state index contributed by atoms with van der Waals surface area (Å²) in [5, 5.41) is 44.1. The molecule has 0 saturated carbocycles. The van der Waals surface area contributed by atoms with Crippen molar-refractivity contribution in [3.05, 3.63) is 36.5 Å². The zero-order valence-corrected chi connectivity index (χ0v) is 49.9. The first kappa shape index (κ1) is 72.5. The molecule has 0 aliphatic rings. The fraction of sp³-hybridized carbons (Fsp3) is 0.897. The van der Waals surface area contributed by atoms with Crippen molar-refractivity contribution in [3.63, 3.8) is 0 Å². The molecule has 4 unspecified atom stereocenters. The van der Waals surface area contributed by atoms with E-state index in [4.69, 9.17) is 0 Å². The van der Waals surface area contributed by atoms with E-state index in [1.54, 1.807) is 0 Å². The van der Waals surface area contributed by atoms with Gasteiger partial charge in [-0.25, -0.2) is 0 Å². The SMILES string of the molecule is CCCCCCCCCCCCCCCCCCCC/C=C/CC/C=C/CC/C=C/CCCC(O)C(O)C(CO)NC(=O)C(O)CCCCCCCCCCCCCCCCCCCCCCCCCCCCC. The van der Waals surface area contributed by atoms with E-state index in [1.165, 1.54) is 276 Å². The molecule has 0 rings (SSSR count). The topological polar surface area (TPSA) is 110 Å². The molecule has 0 radical (unpaired) electrons. The van der Waals surface area contributed by atoms with E-state index in [1.807, 2.05) is 0 Å². The standard InChI is InChI=1S/C68H131NO5/c1-3-5-7-9-11-13-15-17-19-21-23-25-27-29-31-32-33-34-36-37-39-41-43-45-47-49-51-53-55-57-59-61-65(71)67(73)64(63-70)69-68(74)66(72)62-60-58-56-54-52-50-48-46-44-42-40-38-35-30-28-26-24-22-20-18-16-14-12-10-8-6-4-2/h37,39,45,47,53,55,64-67,70-73H,3-36,38,40-44,46,48-52,54,56-63H2,1-2H3,(H,69,74)/b39-37+,47-45+,55-53+. The molecule has 5 N–H and O–H groups in total. The van der Waals surface area contributed by atoms with Gasteiger partial charge in [0, 0.05) is 0 Å². The number of rotatable bonds is 62. The maximum atomic E-state index is 12.6. The van der Waals surface area contributed by atoms with Crippen LogP contribution in [0.5, 0.6) is 0 Å². The number of aliphatic hydroxyl groups is 4. The zero-order valence-electron chi connectivity index (χ0n) is 49.9. The van der Waals surface area contributed by atoms with E-state index < -0.39 is 36.9 Å². The second-order valence-corrected chi connectivity index (χ2v) is 23.2. The van der Waals surface area contributed by atoms with Gasteiger partial charge in [0.1, 0.15) is 12.2 Å². The molecule has 0 aromatic carbocycles. The molecule has 0 aliphatic heterocycles. The van der Waals surface area contributed by atoms with E-state index in [0.717, 1.165) is 51.4 Å². The van der Waals surface area contributed by atoms with Gasteiger partial charge in [-0.2, -0.15) is 0 Å². The smallest absolute Gasteiger partial charge is 0.249 e. The molecule has 74 heavy (non-hydrogen) atoms. The average molecular weight is 1040 g/mol. The van der Waals surface area contributed by atoms with Crippen LogP contribution in [0.4, 0.5) is 0 Å². The molecule has 1 amide bonds. The maximum absolute atomic E-state index is 12.6. The minimum atomic E-state index is -1.29. The highest BCUT2D eigenvalue weighted by molar-refractivity contribution is 5.80. The summed E-state index contributed by atoms with van der Waals surface area (Å²) in [5.41, 5.74) is 0. The van der Waals surface area contributed by atoms with Gasteiger partial charge in [-0.3, -0.25) is 4.79 Å². The normalized spacial score (nSPS) is 13.8. The number of carbonyl (C=O) groups is 1. The summed E-state index contributed by atoms with van der Waals surface area (Å²) in [6, 6.07) is -1.01. The van der Waals surface area contributed by atoms with E-state index in [2.05, 4.69) is 55.6 Å². The van der Waals surface area contributed by atoms with Crippen molar-refractivity contribution in [2.24, 2.45) is 0 Å². The van der Waals surface area contributed by atoms with Gasteiger partial charge in [-0.1, -0.05) is 333 Å². The fourth-order valence-corrected chi connectivity index (χ4v) is 10.6. The minimum Gasteiger partial charge on any atom is -0.394 e. The molecular formula is C68H131NO5. The fourth-order valence-electron chi connectivity index (χ4n) is 10.6. The van der Waals surface area contributed by atoms with Gasteiger partial charge in [0.2, 0.25) is 5.91 Å². The number of aliphatic hydroxyl groups excluding tert-OH is 4. The molecule has 6 nitrogen and oxygen atoms in total. The van der Waals surface area contributed by atoms with Crippen LogP contribution in [-0.2, 0) is 4.79 Å². The molecule has 0 spiro atoms. The number of nitrogens with one attached hydrogen (secondary N) is 1. The Bertz CT molecular complexity index is 1170. The first-order valence-corrected chi connectivity index (χ1v) is 33.4. The van der Waals surface area contributed by atoms with Crippen LogP contribution < -0.4 is 5.32 Å². The van der Waals surface area contributed by atoms with Crippen LogP contribution in [0.25, 0.3) is 0 Å². The predicted molar refractivity (Wildman–Crippen MR) is 325 cm³/mol. The van der Waals surface area contributed by atoms with Crippen LogP contribution >= 0.6 is 0 Å². The van der Waals surface area contributed by atoms with Crippen molar-refractivity contribution in [2.45, 2.75) is 385 Å². The van der Waals surface area contributed by atoms with E-state index in [0.29, 0.717) is 19.3 Å². The zero-order chi connectivity index (χ0) is 53.7. The number of unbranched alkanes of at least 4 members (excludes halogenated alkanes) is 47. The predicted octanol–water partition coefficient (Wildman–Crippen LogP) is 20.3. The Morgan fingerprint density at radius 1 is 0.324 bits per heavy atom. The van der Waals surface area contributed by atoms with E-state index >= 15 is 0 Å². The van der Waals surface area contributed by atoms with Gasteiger partial charge in [0.25, 0.3) is 0 Å². The Hall–Kier alpha value is -1.47. The Kier molecular flexibility index (Phi) is 61.1. The number of carbonyl (C=O) groups excluding carboxylic acids is 1. The van der Waals surface area contributed by atoms with Crippen LogP contribution in [0.3, 0.4) is 0 Å².